The molecule has 0 saturated carbocycles. The molecule has 1 unspecified atom stereocenters. The number of ether oxygens (including phenoxy) is 1. The van der Waals surface area contributed by atoms with Crippen LogP contribution in [0.5, 0.6) is 0 Å². The van der Waals surface area contributed by atoms with Gasteiger partial charge in [0.25, 0.3) is 5.91 Å². The number of nitrogens with zero attached hydrogens (tertiary/aromatic N) is 1. The number of hydrogen-bond donors (Lipinski definition) is 6. The predicted octanol–water partition coefficient (Wildman–Crippen LogP) is 0.0371. The first-order chi connectivity index (χ1) is 19.5. The van der Waals surface area contributed by atoms with Crippen molar-refractivity contribution in [2.45, 2.75) is 31.1 Å². The molecule has 1 aliphatic heterocycles. The zero-order valence-corrected chi connectivity index (χ0v) is 21.7. The highest BCUT2D eigenvalue weighted by molar-refractivity contribution is 6.07. The molecule has 6 N–H and O–H groups in total. The number of hydrogen-bond acceptors (Lipinski definition) is 8. The Labute approximate surface area is 232 Å². The highest BCUT2D eigenvalue weighted by Gasteiger charge is 2.40. The van der Waals surface area contributed by atoms with Crippen LogP contribution in [0, 0.1) is 0 Å². The van der Waals surface area contributed by atoms with Gasteiger partial charge in [0.1, 0.15) is 18.6 Å². The van der Waals surface area contributed by atoms with E-state index < -0.39 is 72.9 Å². The van der Waals surface area contributed by atoms with E-state index in [1.807, 2.05) is 0 Å². The lowest BCUT2D eigenvalue weighted by atomic mass is 10.0. The number of imide groups is 1. The van der Waals surface area contributed by atoms with Crippen LogP contribution in [0.15, 0.2) is 54.6 Å². The molecule has 2 aromatic carbocycles. The third kappa shape index (κ3) is 8.01. The van der Waals surface area contributed by atoms with Gasteiger partial charge in [-0.15, -0.1) is 0 Å². The van der Waals surface area contributed by atoms with E-state index >= 15 is 0 Å². The van der Waals surface area contributed by atoms with E-state index in [0.29, 0.717) is 16.0 Å². The molecule has 1 saturated heterocycles. The van der Waals surface area contributed by atoms with E-state index in [0.717, 1.165) is 0 Å². The molecule has 15 nitrogen and oxygen atoms in total. The van der Waals surface area contributed by atoms with Crippen LogP contribution in [-0.2, 0) is 35.3 Å². The number of methoxy groups -OCH3 is 1. The molecule has 0 aromatic heterocycles. The second kappa shape index (κ2) is 13.5. The van der Waals surface area contributed by atoms with Gasteiger partial charge in [0.15, 0.2) is 6.04 Å². The molecule has 216 valence electrons. The van der Waals surface area contributed by atoms with Gasteiger partial charge in [-0.2, -0.15) is 0 Å². The molecule has 15 heteroatoms. The third-order valence-corrected chi connectivity index (χ3v) is 5.96. The summed E-state index contributed by atoms with van der Waals surface area (Å²) in [6, 6.07) is 8.77. The number of carbonyl (C=O) groups is 7. The first-order valence-corrected chi connectivity index (χ1v) is 12.1. The van der Waals surface area contributed by atoms with Gasteiger partial charge < -0.3 is 36.2 Å². The second-order valence-electron chi connectivity index (χ2n) is 8.80. The molecule has 0 aliphatic carbocycles. The molecular weight excluding hydrogens is 542 g/mol. The fourth-order valence-electron chi connectivity index (χ4n) is 3.91. The topological polar surface area (TPSA) is 221 Å². The van der Waals surface area contributed by atoms with Crippen LogP contribution >= 0.6 is 0 Å². The number of amides is 6. The lowest BCUT2D eigenvalue weighted by Gasteiger charge is -2.21. The van der Waals surface area contributed by atoms with Crippen molar-refractivity contribution < 1.29 is 48.5 Å². The number of carbonyl (C=O) groups excluding carboxylic acids is 5. The summed E-state index contributed by atoms with van der Waals surface area (Å²) in [6.07, 6.45) is -1.51. The Morgan fingerprint density at radius 3 is 2.22 bits per heavy atom. The summed E-state index contributed by atoms with van der Waals surface area (Å²) in [7, 11) is 1.22. The van der Waals surface area contributed by atoms with Crippen LogP contribution in [0.4, 0.5) is 9.59 Å². The average Bonchev–Trinajstić information content (AvgIpc) is 3.22. The quantitative estimate of drug-likeness (QED) is 0.188. The molecular formula is C26H27N5O10. The number of urea groups is 1. The summed E-state index contributed by atoms with van der Waals surface area (Å²) in [5.41, 5.74) is 1.30. The van der Waals surface area contributed by atoms with Crippen molar-refractivity contribution in [2.24, 2.45) is 0 Å². The van der Waals surface area contributed by atoms with Gasteiger partial charge in [-0.1, -0.05) is 54.6 Å². The van der Waals surface area contributed by atoms with Gasteiger partial charge in [0.05, 0.1) is 13.5 Å². The smallest absolute Gasteiger partial charge is 0.407 e. The predicted molar refractivity (Wildman–Crippen MR) is 138 cm³/mol. The van der Waals surface area contributed by atoms with Crippen LogP contribution in [0.25, 0.3) is 0 Å². The molecule has 0 bridgehead atoms. The summed E-state index contributed by atoms with van der Waals surface area (Å²) < 4.78 is 4.49. The minimum atomic E-state index is -1.70. The Morgan fingerprint density at radius 1 is 0.976 bits per heavy atom. The highest BCUT2D eigenvalue weighted by atomic mass is 16.5. The average molecular weight is 570 g/mol. The Balaban J connectivity index is 1.65. The summed E-state index contributed by atoms with van der Waals surface area (Å²) in [6.45, 7) is -0.666. The largest absolute Gasteiger partial charge is 0.481 e. The second-order valence-corrected chi connectivity index (χ2v) is 8.80. The van der Waals surface area contributed by atoms with E-state index in [2.05, 4.69) is 26.0 Å². The number of aliphatic carboxylic acids is 2. The number of carboxylic acids is 2. The fourth-order valence-corrected chi connectivity index (χ4v) is 3.91. The summed E-state index contributed by atoms with van der Waals surface area (Å²) >= 11 is 0. The molecule has 1 fully saturated rings. The molecule has 1 aliphatic rings. The first-order valence-electron chi connectivity index (χ1n) is 12.1. The van der Waals surface area contributed by atoms with Crippen LogP contribution in [-0.4, -0.2) is 76.6 Å². The third-order valence-electron chi connectivity index (χ3n) is 5.96. The van der Waals surface area contributed by atoms with E-state index in [1.165, 1.54) is 19.2 Å². The Bertz CT molecular complexity index is 1330. The number of carboxylic acid groups (broad SMARTS) is 2. The van der Waals surface area contributed by atoms with Gasteiger partial charge in [0.2, 0.25) is 11.8 Å². The van der Waals surface area contributed by atoms with Crippen molar-refractivity contribution in [3.8, 4) is 0 Å². The van der Waals surface area contributed by atoms with Crippen molar-refractivity contribution in [1.29, 1.82) is 0 Å². The van der Waals surface area contributed by atoms with Crippen LogP contribution in [0.1, 0.15) is 35.2 Å². The zero-order valence-electron chi connectivity index (χ0n) is 21.7. The standard InChI is InChI=1S/C26H27N5O10/c1-41-26(40)27-12-14-7-9-16(10-8-14)20-23(36)31(25(39)30-20)13-18(32)28-17(11-19(33)34)22(35)29-21(24(37)38)15-5-3-2-4-6-15/h2-10,17,20-21H,11-13H2,1H3,(H,27,40)(H,28,32)(H,29,35)(H,30,39)(H,33,34)(H,37,38)/t17-,20?,21-/m0/s1. The number of benzene rings is 2. The molecule has 0 spiro atoms. The van der Waals surface area contributed by atoms with Gasteiger partial charge in [-0.05, 0) is 16.7 Å². The summed E-state index contributed by atoms with van der Waals surface area (Å²) in [5, 5.41) is 28.1. The van der Waals surface area contributed by atoms with Crippen LogP contribution in [0.2, 0.25) is 0 Å². The van der Waals surface area contributed by atoms with Crippen molar-refractivity contribution >= 4 is 41.8 Å². The first kappa shape index (κ1) is 30.1. The number of rotatable bonds is 12. The van der Waals surface area contributed by atoms with E-state index in [4.69, 9.17) is 0 Å². The lowest BCUT2D eigenvalue weighted by Crippen LogP contribution is -2.52. The molecule has 3 atom stereocenters. The van der Waals surface area contributed by atoms with E-state index in [-0.39, 0.29) is 12.1 Å². The summed E-state index contributed by atoms with van der Waals surface area (Å²) in [4.78, 5) is 85.8. The monoisotopic (exact) mass is 569 g/mol. The Morgan fingerprint density at radius 2 is 1.63 bits per heavy atom. The SMILES string of the molecule is COC(=O)NCc1ccc(C2NC(=O)N(CC(=O)N[C@@H](CC(=O)O)C(=O)N[C@H](C(=O)O)c3ccccc3)C2=O)cc1. The normalized spacial score (nSPS) is 15.7. The number of alkyl carbamates (subject to hydrolysis) is 1. The molecule has 6 amide bonds. The Hall–Kier alpha value is -5.47. The fraction of sp³-hybridized carbons (Fsp3) is 0.269. The van der Waals surface area contributed by atoms with Gasteiger partial charge >= 0.3 is 24.1 Å². The molecule has 1 heterocycles. The van der Waals surface area contributed by atoms with Crippen LogP contribution in [0.3, 0.4) is 0 Å². The Kier molecular flexibility index (Phi) is 9.94. The van der Waals surface area contributed by atoms with Gasteiger partial charge in [-0.25, -0.2) is 14.4 Å². The minimum absolute atomic E-state index is 0.161. The minimum Gasteiger partial charge on any atom is -0.481 e. The maximum Gasteiger partial charge on any atom is 0.407 e. The van der Waals surface area contributed by atoms with Gasteiger partial charge in [0, 0.05) is 6.54 Å². The zero-order chi connectivity index (χ0) is 30.1. The summed E-state index contributed by atoms with van der Waals surface area (Å²) in [5.74, 6) is -5.75. The van der Waals surface area contributed by atoms with Crippen molar-refractivity contribution in [1.82, 2.24) is 26.2 Å². The lowest BCUT2D eigenvalue weighted by molar-refractivity contribution is -0.143. The van der Waals surface area contributed by atoms with Crippen molar-refractivity contribution in [3.63, 3.8) is 0 Å². The van der Waals surface area contributed by atoms with Gasteiger partial charge in [-0.3, -0.25) is 24.1 Å². The molecule has 0 radical (unpaired) electrons. The molecule has 41 heavy (non-hydrogen) atoms. The van der Waals surface area contributed by atoms with E-state index in [1.54, 1.807) is 42.5 Å². The maximum absolute atomic E-state index is 12.9. The molecule has 3 rings (SSSR count). The number of nitrogens with one attached hydrogen (secondary N) is 4. The van der Waals surface area contributed by atoms with Crippen molar-refractivity contribution in [2.75, 3.05) is 13.7 Å². The van der Waals surface area contributed by atoms with Crippen LogP contribution < -0.4 is 21.3 Å². The molecule has 2 aromatic rings. The van der Waals surface area contributed by atoms with E-state index in [9.17, 15) is 43.8 Å². The maximum atomic E-state index is 12.9. The van der Waals surface area contributed by atoms with Crippen molar-refractivity contribution in [3.05, 3.63) is 71.3 Å². The highest BCUT2D eigenvalue weighted by Crippen LogP contribution is 2.22.